The van der Waals surface area contributed by atoms with Gasteiger partial charge in [0.2, 0.25) is 0 Å². The maximum absolute atomic E-state index is 12.5. The van der Waals surface area contributed by atoms with Crippen LogP contribution >= 0.6 is 0 Å². The Morgan fingerprint density at radius 1 is 1.09 bits per heavy atom. The van der Waals surface area contributed by atoms with Crippen molar-refractivity contribution in [1.29, 1.82) is 0 Å². The lowest BCUT2D eigenvalue weighted by molar-refractivity contribution is 0.0487. The fraction of sp³-hybridized carbons (Fsp3) is 0.350. The first-order chi connectivity index (χ1) is 11.2. The normalized spacial score (nSPS) is 16.7. The molecule has 2 aromatic carbocycles. The SMILES string of the molecule is Cc1cccc(C(=O)NCC2(c3ccccc3)CCOCC2)c1. The van der Waals surface area contributed by atoms with Crippen molar-refractivity contribution in [3.05, 3.63) is 71.3 Å². The maximum atomic E-state index is 12.5. The molecule has 0 atom stereocenters. The van der Waals surface area contributed by atoms with Crippen LogP contribution in [0.5, 0.6) is 0 Å². The number of hydrogen-bond acceptors (Lipinski definition) is 2. The van der Waals surface area contributed by atoms with E-state index in [2.05, 4.69) is 29.6 Å². The van der Waals surface area contributed by atoms with Crippen LogP contribution in [0.2, 0.25) is 0 Å². The fourth-order valence-electron chi connectivity index (χ4n) is 3.26. The van der Waals surface area contributed by atoms with Gasteiger partial charge in [0.15, 0.2) is 0 Å². The molecule has 1 aliphatic rings. The first kappa shape index (κ1) is 15.8. The summed E-state index contributed by atoms with van der Waals surface area (Å²) >= 11 is 0. The van der Waals surface area contributed by atoms with Gasteiger partial charge >= 0.3 is 0 Å². The van der Waals surface area contributed by atoms with Gasteiger partial charge in [0.25, 0.3) is 5.91 Å². The molecule has 0 unspecified atom stereocenters. The third-order valence-electron chi connectivity index (χ3n) is 4.70. The highest BCUT2D eigenvalue weighted by Gasteiger charge is 2.34. The van der Waals surface area contributed by atoms with E-state index in [1.54, 1.807) is 0 Å². The highest BCUT2D eigenvalue weighted by atomic mass is 16.5. The molecule has 1 heterocycles. The van der Waals surface area contributed by atoms with Gasteiger partial charge in [-0.3, -0.25) is 4.79 Å². The van der Waals surface area contributed by atoms with E-state index in [-0.39, 0.29) is 11.3 Å². The number of aryl methyl sites for hydroxylation is 1. The molecule has 0 radical (unpaired) electrons. The second kappa shape index (κ2) is 6.97. The third kappa shape index (κ3) is 3.62. The molecule has 2 aromatic rings. The summed E-state index contributed by atoms with van der Waals surface area (Å²) in [6.45, 7) is 4.14. The van der Waals surface area contributed by atoms with Crippen molar-refractivity contribution in [3.63, 3.8) is 0 Å². The van der Waals surface area contributed by atoms with E-state index >= 15 is 0 Å². The smallest absolute Gasteiger partial charge is 0.251 e. The topological polar surface area (TPSA) is 38.3 Å². The van der Waals surface area contributed by atoms with Crippen LogP contribution in [0.15, 0.2) is 54.6 Å². The summed E-state index contributed by atoms with van der Waals surface area (Å²) in [7, 11) is 0. The number of carbonyl (C=O) groups is 1. The number of carbonyl (C=O) groups excluding carboxylic acids is 1. The minimum Gasteiger partial charge on any atom is -0.381 e. The lowest BCUT2D eigenvalue weighted by atomic mass is 9.74. The van der Waals surface area contributed by atoms with Crippen molar-refractivity contribution >= 4 is 5.91 Å². The summed E-state index contributed by atoms with van der Waals surface area (Å²) in [5.74, 6) is -0.00417. The van der Waals surface area contributed by atoms with Crippen LogP contribution in [0.3, 0.4) is 0 Å². The number of benzene rings is 2. The predicted molar refractivity (Wildman–Crippen MR) is 91.7 cm³/mol. The highest BCUT2D eigenvalue weighted by Crippen LogP contribution is 2.34. The first-order valence-electron chi connectivity index (χ1n) is 8.18. The number of rotatable bonds is 4. The van der Waals surface area contributed by atoms with Crippen LogP contribution in [0, 0.1) is 6.92 Å². The molecule has 1 N–H and O–H groups in total. The molecule has 1 saturated heterocycles. The van der Waals surface area contributed by atoms with E-state index in [0.29, 0.717) is 6.54 Å². The van der Waals surface area contributed by atoms with Crippen molar-refractivity contribution in [2.45, 2.75) is 25.2 Å². The highest BCUT2D eigenvalue weighted by molar-refractivity contribution is 5.94. The Bertz CT molecular complexity index is 660. The van der Waals surface area contributed by atoms with Crippen LogP contribution in [-0.2, 0) is 10.2 Å². The molecular weight excluding hydrogens is 286 g/mol. The molecule has 1 amide bonds. The van der Waals surface area contributed by atoms with Crippen molar-refractivity contribution in [3.8, 4) is 0 Å². The Labute approximate surface area is 137 Å². The molecule has 0 aliphatic carbocycles. The van der Waals surface area contributed by atoms with E-state index in [0.717, 1.165) is 37.2 Å². The summed E-state index contributed by atoms with van der Waals surface area (Å²) in [5.41, 5.74) is 3.08. The summed E-state index contributed by atoms with van der Waals surface area (Å²) in [6, 6.07) is 18.2. The average Bonchev–Trinajstić information content (AvgIpc) is 2.61. The lowest BCUT2D eigenvalue weighted by Crippen LogP contribution is -2.44. The Balaban J connectivity index is 1.76. The second-order valence-corrected chi connectivity index (χ2v) is 6.31. The molecule has 3 nitrogen and oxygen atoms in total. The monoisotopic (exact) mass is 309 g/mol. The Hall–Kier alpha value is -2.13. The molecule has 1 aliphatic heterocycles. The van der Waals surface area contributed by atoms with Crippen LogP contribution in [0.1, 0.15) is 34.3 Å². The van der Waals surface area contributed by atoms with Gasteiger partial charge in [-0.05, 0) is 37.5 Å². The van der Waals surface area contributed by atoms with Gasteiger partial charge in [0, 0.05) is 30.7 Å². The van der Waals surface area contributed by atoms with Crippen LogP contribution in [0.4, 0.5) is 0 Å². The van der Waals surface area contributed by atoms with Gasteiger partial charge in [-0.25, -0.2) is 0 Å². The summed E-state index contributed by atoms with van der Waals surface area (Å²) in [6.07, 6.45) is 1.87. The minimum atomic E-state index is -0.0288. The molecule has 0 bridgehead atoms. The summed E-state index contributed by atoms with van der Waals surface area (Å²) in [4.78, 5) is 12.5. The van der Waals surface area contributed by atoms with Gasteiger partial charge in [0.05, 0.1) is 0 Å². The van der Waals surface area contributed by atoms with E-state index < -0.39 is 0 Å². The maximum Gasteiger partial charge on any atom is 0.251 e. The first-order valence-corrected chi connectivity index (χ1v) is 8.18. The number of nitrogens with one attached hydrogen (secondary N) is 1. The Kier molecular flexibility index (Phi) is 4.77. The molecule has 0 spiro atoms. The summed E-state index contributed by atoms with van der Waals surface area (Å²) in [5, 5.41) is 3.14. The number of amides is 1. The van der Waals surface area contributed by atoms with Gasteiger partial charge in [0.1, 0.15) is 0 Å². The van der Waals surface area contributed by atoms with Gasteiger partial charge in [-0.1, -0.05) is 48.0 Å². The molecule has 120 valence electrons. The fourth-order valence-corrected chi connectivity index (χ4v) is 3.26. The van der Waals surface area contributed by atoms with Gasteiger partial charge in [-0.2, -0.15) is 0 Å². The standard InChI is InChI=1S/C20H23NO2/c1-16-6-5-7-17(14-16)19(22)21-15-20(10-12-23-13-11-20)18-8-3-2-4-9-18/h2-9,14H,10-13,15H2,1H3,(H,21,22). The zero-order valence-electron chi connectivity index (χ0n) is 13.5. The minimum absolute atomic E-state index is 0.00417. The van der Waals surface area contributed by atoms with E-state index in [4.69, 9.17) is 4.74 Å². The lowest BCUT2D eigenvalue weighted by Gasteiger charge is -2.38. The average molecular weight is 309 g/mol. The largest absolute Gasteiger partial charge is 0.381 e. The zero-order valence-corrected chi connectivity index (χ0v) is 13.5. The molecular formula is C20H23NO2. The molecule has 0 saturated carbocycles. The van der Waals surface area contributed by atoms with Crippen molar-refractivity contribution in [2.75, 3.05) is 19.8 Å². The number of ether oxygens (including phenoxy) is 1. The van der Waals surface area contributed by atoms with Crippen molar-refractivity contribution in [1.82, 2.24) is 5.32 Å². The van der Waals surface area contributed by atoms with E-state index in [9.17, 15) is 4.79 Å². The van der Waals surface area contributed by atoms with E-state index in [1.807, 2.05) is 37.3 Å². The van der Waals surface area contributed by atoms with Crippen LogP contribution in [0.25, 0.3) is 0 Å². The molecule has 3 heteroatoms. The molecule has 0 aromatic heterocycles. The van der Waals surface area contributed by atoms with Crippen LogP contribution < -0.4 is 5.32 Å². The van der Waals surface area contributed by atoms with Crippen molar-refractivity contribution < 1.29 is 9.53 Å². The zero-order chi connectivity index (χ0) is 16.1. The molecule has 23 heavy (non-hydrogen) atoms. The van der Waals surface area contributed by atoms with Gasteiger partial charge < -0.3 is 10.1 Å². The second-order valence-electron chi connectivity index (χ2n) is 6.31. The van der Waals surface area contributed by atoms with Crippen molar-refractivity contribution in [2.24, 2.45) is 0 Å². The Morgan fingerprint density at radius 3 is 2.52 bits per heavy atom. The van der Waals surface area contributed by atoms with Crippen LogP contribution in [-0.4, -0.2) is 25.7 Å². The molecule has 3 rings (SSSR count). The predicted octanol–water partition coefficient (Wildman–Crippen LogP) is 3.47. The van der Waals surface area contributed by atoms with E-state index in [1.165, 1.54) is 5.56 Å². The quantitative estimate of drug-likeness (QED) is 0.939. The third-order valence-corrected chi connectivity index (χ3v) is 4.70. The van der Waals surface area contributed by atoms with Gasteiger partial charge in [-0.15, -0.1) is 0 Å². The summed E-state index contributed by atoms with van der Waals surface area (Å²) < 4.78 is 5.54. The Morgan fingerprint density at radius 2 is 1.83 bits per heavy atom. The number of hydrogen-bond donors (Lipinski definition) is 1. The molecule has 1 fully saturated rings.